The molecule has 1 aromatic rings. The maximum Gasteiger partial charge on any atom is 0.151 e. The summed E-state index contributed by atoms with van der Waals surface area (Å²) in [6.45, 7) is 1.40. The highest BCUT2D eigenvalue weighted by atomic mass is 16.5. The van der Waals surface area contributed by atoms with Crippen LogP contribution < -0.4 is 10.5 Å². The van der Waals surface area contributed by atoms with Crippen LogP contribution in [0.15, 0.2) is 18.2 Å². The second kappa shape index (κ2) is 4.11. The Bertz CT molecular complexity index is 349. The van der Waals surface area contributed by atoms with E-state index in [1.54, 1.807) is 6.07 Å². The normalized spacial score (nSPS) is 12.2. The van der Waals surface area contributed by atoms with E-state index < -0.39 is 6.04 Å². The minimum Gasteiger partial charge on any atom is -0.508 e. The molecule has 1 atom stereocenters. The van der Waals surface area contributed by atoms with Crippen LogP contribution in [0, 0.1) is 0 Å². The molecule has 0 bridgehead atoms. The molecule has 0 radical (unpaired) electrons. The van der Waals surface area contributed by atoms with E-state index in [-0.39, 0.29) is 11.5 Å². The summed E-state index contributed by atoms with van der Waals surface area (Å²) >= 11 is 0. The van der Waals surface area contributed by atoms with E-state index in [0.717, 1.165) is 0 Å². The largest absolute Gasteiger partial charge is 0.508 e. The van der Waals surface area contributed by atoms with Crippen LogP contribution in [-0.2, 0) is 4.79 Å². The molecule has 3 N–H and O–H groups in total. The van der Waals surface area contributed by atoms with Gasteiger partial charge in [0.15, 0.2) is 5.78 Å². The van der Waals surface area contributed by atoms with Gasteiger partial charge >= 0.3 is 0 Å². The van der Waals surface area contributed by atoms with Gasteiger partial charge in [-0.05, 0) is 25.1 Å². The van der Waals surface area contributed by atoms with Gasteiger partial charge in [0.1, 0.15) is 11.5 Å². The summed E-state index contributed by atoms with van der Waals surface area (Å²) in [6, 6.07) is 3.74. The number of benzene rings is 1. The molecule has 0 aliphatic heterocycles. The number of aromatic hydroxyl groups is 1. The Balaban J connectivity index is 3.16. The van der Waals surface area contributed by atoms with Gasteiger partial charge < -0.3 is 15.6 Å². The third-order valence-electron chi connectivity index (χ3n) is 1.99. The topological polar surface area (TPSA) is 72.6 Å². The molecule has 0 spiro atoms. The lowest BCUT2D eigenvalue weighted by atomic mass is 10.0. The van der Waals surface area contributed by atoms with Crippen LogP contribution in [0.1, 0.15) is 18.5 Å². The molecule has 14 heavy (non-hydrogen) atoms. The molecule has 0 aliphatic carbocycles. The van der Waals surface area contributed by atoms with Crippen molar-refractivity contribution in [1.29, 1.82) is 0 Å². The van der Waals surface area contributed by atoms with Gasteiger partial charge in [0.25, 0.3) is 0 Å². The Morgan fingerprint density at radius 1 is 1.57 bits per heavy atom. The predicted octanol–water partition coefficient (Wildman–Crippen LogP) is 0.990. The fraction of sp³-hybridized carbons (Fsp3) is 0.300. The molecule has 0 saturated heterocycles. The summed E-state index contributed by atoms with van der Waals surface area (Å²) in [7, 11) is 1.49. The van der Waals surface area contributed by atoms with Crippen LogP contribution in [0.25, 0.3) is 0 Å². The maximum absolute atomic E-state index is 11.1. The first kappa shape index (κ1) is 10.5. The average molecular weight is 195 g/mol. The van der Waals surface area contributed by atoms with Crippen molar-refractivity contribution in [1.82, 2.24) is 0 Å². The summed E-state index contributed by atoms with van der Waals surface area (Å²) in [4.78, 5) is 11.1. The summed E-state index contributed by atoms with van der Waals surface area (Å²) in [5.41, 5.74) is 6.14. The van der Waals surface area contributed by atoms with Crippen LogP contribution in [0.3, 0.4) is 0 Å². The first-order valence-electron chi connectivity index (χ1n) is 4.19. The zero-order valence-electron chi connectivity index (χ0n) is 8.15. The van der Waals surface area contributed by atoms with E-state index in [9.17, 15) is 9.90 Å². The number of nitrogens with two attached hydrogens (primary N) is 1. The minimum absolute atomic E-state index is 0.0671. The van der Waals surface area contributed by atoms with E-state index in [2.05, 4.69) is 0 Å². The number of hydrogen-bond donors (Lipinski definition) is 2. The highest BCUT2D eigenvalue weighted by Gasteiger charge is 2.16. The third kappa shape index (κ3) is 2.03. The number of hydrogen-bond acceptors (Lipinski definition) is 4. The van der Waals surface area contributed by atoms with Crippen LogP contribution in [0.4, 0.5) is 0 Å². The first-order chi connectivity index (χ1) is 6.56. The second-order valence-electron chi connectivity index (χ2n) is 3.01. The van der Waals surface area contributed by atoms with E-state index in [4.69, 9.17) is 10.5 Å². The fourth-order valence-electron chi connectivity index (χ4n) is 1.18. The smallest absolute Gasteiger partial charge is 0.151 e. The molecule has 4 nitrogen and oxygen atoms in total. The molecule has 0 aromatic heterocycles. The summed E-state index contributed by atoms with van der Waals surface area (Å²) in [5.74, 6) is 0.400. The molecule has 0 saturated carbocycles. The van der Waals surface area contributed by atoms with Gasteiger partial charge in [0.2, 0.25) is 0 Å². The molecule has 1 rings (SSSR count). The molecule has 1 unspecified atom stereocenters. The molecular formula is C10H13NO3. The second-order valence-corrected chi connectivity index (χ2v) is 3.01. The van der Waals surface area contributed by atoms with Gasteiger partial charge in [-0.15, -0.1) is 0 Å². The number of ketones is 1. The van der Waals surface area contributed by atoms with Crippen molar-refractivity contribution in [2.45, 2.75) is 13.0 Å². The molecule has 0 amide bonds. The lowest BCUT2D eigenvalue weighted by Gasteiger charge is -2.13. The van der Waals surface area contributed by atoms with Crippen molar-refractivity contribution >= 4 is 5.78 Å². The van der Waals surface area contributed by atoms with E-state index in [1.807, 2.05) is 0 Å². The minimum atomic E-state index is -0.753. The summed E-state index contributed by atoms with van der Waals surface area (Å²) in [5, 5.41) is 9.24. The standard InChI is InChI=1S/C10H13NO3/c1-6(12)10(11)8-5-7(13)3-4-9(8)14-2/h3-5,10,13H,11H2,1-2H3. The number of ether oxygens (including phenoxy) is 1. The lowest BCUT2D eigenvalue weighted by molar-refractivity contribution is -0.118. The molecule has 76 valence electrons. The van der Waals surface area contributed by atoms with E-state index >= 15 is 0 Å². The molecule has 1 aromatic carbocycles. The summed E-state index contributed by atoms with van der Waals surface area (Å²) in [6.07, 6.45) is 0. The Labute approximate surface area is 82.3 Å². The molecular weight excluding hydrogens is 182 g/mol. The van der Waals surface area contributed by atoms with E-state index in [1.165, 1.54) is 26.2 Å². The SMILES string of the molecule is COc1ccc(O)cc1C(N)C(C)=O. The number of carbonyl (C=O) groups excluding carboxylic acids is 1. The van der Waals surface area contributed by atoms with Gasteiger partial charge in [-0.3, -0.25) is 4.79 Å². The number of methoxy groups -OCH3 is 1. The zero-order valence-corrected chi connectivity index (χ0v) is 8.15. The van der Waals surface area contributed by atoms with Gasteiger partial charge in [-0.25, -0.2) is 0 Å². The molecule has 0 heterocycles. The van der Waals surface area contributed by atoms with E-state index in [0.29, 0.717) is 11.3 Å². The van der Waals surface area contributed by atoms with Crippen molar-refractivity contribution in [3.8, 4) is 11.5 Å². The maximum atomic E-state index is 11.1. The number of Topliss-reactive ketones (excluding diaryl/α,β-unsaturated/α-hetero) is 1. The van der Waals surface area contributed by atoms with Crippen molar-refractivity contribution in [2.24, 2.45) is 5.73 Å². The average Bonchev–Trinajstić information content (AvgIpc) is 2.16. The van der Waals surface area contributed by atoms with Crippen LogP contribution in [-0.4, -0.2) is 18.0 Å². The lowest BCUT2D eigenvalue weighted by Crippen LogP contribution is -2.19. The number of carbonyl (C=O) groups is 1. The third-order valence-corrected chi connectivity index (χ3v) is 1.99. The van der Waals surface area contributed by atoms with Gasteiger partial charge in [0.05, 0.1) is 13.2 Å². The van der Waals surface area contributed by atoms with Crippen LogP contribution in [0.2, 0.25) is 0 Å². The van der Waals surface area contributed by atoms with Crippen molar-refractivity contribution in [3.63, 3.8) is 0 Å². The van der Waals surface area contributed by atoms with Gasteiger partial charge in [0, 0.05) is 5.56 Å². The fourth-order valence-corrected chi connectivity index (χ4v) is 1.18. The first-order valence-corrected chi connectivity index (χ1v) is 4.19. The number of phenolic OH excluding ortho intramolecular Hbond substituents is 1. The molecule has 0 aliphatic rings. The monoisotopic (exact) mass is 195 g/mol. The Morgan fingerprint density at radius 2 is 2.21 bits per heavy atom. The highest BCUT2D eigenvalue weighted by molar-refractivity contribution is 5.83. The van der Waals surface area contributed by atoms with Crippen molar-refractivity contribution in [2.75, 3.05) is 7.11 Å². The van der Waals surface area contributed by atoms with Crippen LogP contribution in [0.5, 0.6) is 11.5 Å². The Hall–Kier alpha value is -1.55. The van der Waals surface area contributed by atoms with Crippen LogP contribution >= 0.6 is 0 Å². The predicted molar refractivity (Wildman–Crippen MR) is 52.3 cm³/mol. The Morgan fingerprint density at radius 3 is 2.71 bits per heavy atom. The Kier molecular flexibility index (Phi) is 3.09. The quantitative estimate of drug-likeness (QED) is 0.754. The molecule has 4 heteroatoms. The number of phenols is 1. The zero-order chi connectivity index (χ0) is 10.7. The molecule has 0 fully saturated rings. The van der Waals surface area contributed by atoms with Crippen molar-refractivity contribution in [3.05, 3.63) is 23.8 Å². The van der Waals surface area contributed by atoms with Crippen molar-refractivity contribution < 1.29 is 14.6 Å². The van der Waals surface area contributed by atoms with Gasteiger partial charge in [-0.1, -0.05) is 0 Å². The number of rotatable bonds is 3. The highest BCUT2D eigenvalue weighted by Crippen LogP contribution is 2.27. The van der Waals surface area contributed by atoms with Gasteiger partial charge in [-0.2, -0.15) is 0 Å². The summed E-state index contributed by atoms with van der Waals surface area (Å²) < 4.78 is 5.03.